The molecule has 148 valence electrons. The van der Waals surface area contributed by atoms with Crippen LogP contribution >= 0.6 is 0 Å². The first kappa shape index (κ1) is 18.2. The first-order valence-corrected chi connectivity index (χ1v) is 9.40. The van der Waals surface area contributed by atoms with E-state index in [1.807, 2.05) is 31.2 Å². The Labute approximate surface area is 169 Å². The Morgan fingerprint density at radius 2 is 1.67 bits per heavy atom. The molecule has 0 atom stereocenters. The van der Waals surface area contributed by atoms with Crippen LogP contribution in [0.15, 0.2) is 71.5 Å². The number of benzene rings is 3. The van der Waals surface area contributed by atoms with Crippen LogP contribution in [-0.4, -0.2) is 19.2 Å². The molecule has 0 saturated heterocycles. The van der Waals surface area contributed by atoms with Crippen LogP contribution in [0, 0.1) is 18.6 Å². The predicted octanol–water partition coefficient (Wildman–Crippen LogP) is 4.35. The van der Waals surface area contributed by atoms with E-state index < -0.39 is 11.6 Å². The molecule has 0 aliphatic carbocycles. The number of para-hydroxylation sites is 1. The van der Waals surface area contributed by atoms with Gasteiger partial charge in [0.2, 0.25) is 5.78 Å². The molecule has 30 heavy (non-hydrogen) atoms. The summed E-state index contributed by atoms with van der Waals surface area (Å²) < 4.78 is 30.5. The minimum absolute atomic E-state index is 0.192. The number of aryl methyl sites for hydroxylation is 1. The highest BCUT2D eigenvalue weighted by molar-refractivity contribution is 5.82. The first-order valence-electron chi connectivity index (χ1n) is 9.40. The number of nitrogens with zero attached hydrogens (tertiary/aromatic N) is 4. The second-order valence-electron chi connectivity index (χ2n) is 7.18. The van der Waals surface area contributed by atoms with E-state index in [1.165, 1.54) is 6.07 Å². The lowest BCUT2D eigenvalue weighted by Gasteiger charge is -2.12. The summed E-state index contributed by atoms with van der Waals surface area (Å²) in [5, 5.41) is 8.93. The number of halogens is 2. The lowest BCUT2D eigenvalue weighted by atomic mass is 10.1. The molecule has 7 heteroatoms. The van der Waals surface area contributed by atoms with Gasteiger partial charge in [-0.1, -0.05) is 42.0 Å². The fourth-order valence-corrected chi connectivity index (χ4v) is 3.60. The highest BCUT2D eigenvalue weighted by Gasteiger charge is 2.18. The van der Waals surface area contributed by atoms with Gasteiger partial charge in [-0.05, 0) is 42.8 Å². The van der Waals surface area contributed by atoms with Gasteiger partial charge in [0.25, 0.3) is 5.56 Å². The summed E-state index contributed by atoms with van der Waals surface area (Å²) in [4.78, 5) is 13.2. The molecule has 0 bridgehead atoms. The van der Waals surface area contributed by atoms with Gasteiger partial charge in [0.1, 0.15) is 0 Å². The largest absolute Gasteiger partial charge is 0.272 e. The Hall–Kier alpha value is -3.87. The number of hydrogen-bond acceptors (Lipinski definition) is 3. The second kappa shape index (κ2) is 6.88. The van der Waals surface area contributed by atoms with Gasteiger partial charge in [0.15, 0.2) is 17.5 Å². The van der Waals surface area contributed by atoms with Crippen molar-refractivity contribution in [1.82, 2.24) is 19.2 Å². The first-order chi connectivity index (χ1) is 14.5. The zero-order valence-electron chi connectivity index (χ0n) is 16.0. The molecule has 0 radical (unpaired) electrons. The minimum Gasteiger partial charge on any atom is -0.272 e. The van der Waals surface area contributed by atoms with Crippen molar-refractivity contribution in [3.63, 3.8) is 0 Å². The molecule has 0 aliphatic rings. The predicted molar refractivity (Wildman–Crippen MR) is 110 cm³/mol. The molecule has 5 rings (SSSR count). The smallest absolute Gasteiger partial charge is 0.263 e. The minimum atomic E-state index is -0.971. The van der Waals surface area contributed by atoms with Crippen molar-refractivity contribution in [2.45, 2.75) is 13.5 Å². The SMILES string of the molecule is Cc1ccc(Cn2c(=O)c3ccccc3n3c(-c4ccc(F)c(F)c4)nnc23)cc1. The van der Waals surface area contributed by atoms with E-state index >= 15 is 0 Å². The molecule has 0 spiro atoms. The molecule has 0 fully saturated rings. The summed E-state index contributed by atoms with van der Waals surface area (Å²) >= 11 is 0. The van der Waals surface area contributed by atoms with Crippen LogP contribution in [-0.2, 0) is 6.54 Å². The van der Waals surface area contributed by atoms with Crippen molar-refractivity contribution < 1.29 is 8.78 Å². The Morgan fingerprint density at radius 1 is 0.900 bits per heavy atom. The fourth-order valence-electron chi connectivity index (χ4n) is 3.60. The number of fused-ring (bicyclic) bond motifs is 3. The third kappa shape index (κ3) is 2.86. The molecule has 0 aliphatic heterocycles. The maximum absolute atomic E-state index is 13.9. The van der Waals surface area contributed by atoms with Gasteiger partial charge in [0.05, 0.1) is 17.4 Å². The van der Waals surface area contributed by atoms with Gasteiger partial charge in [-0.3, -0.25) is 13.8 Å². The van der Waals surface area contributed by atoms with Crippen LogP contribution in [0.1, 0.15) is 11.1 Å². The van der Waals surface area contributed by atoms with Gasteiger partial charge < -0.3 is 0 Å². The Bertz CT molecular complexity index is 1470. The summed E-state index contributed by atoms with van der Waals surface area (Å²) in [5.74, 6) is -1.24. The topological polar surface area (TPSA) is 52.2 Å². The molecular weight excluding hydrogens is 386 g/mol. The lowest BCUT2D eigenvalue weighted by molar-refractivity contribution is 0.509. The van der Waals surface area contributed by atoms with E-state index in [4.69, 9.17) is 0 Å². The summed E-state index contributed by atoms with van der Waals surface area (Å²) in [6, 6.07) is 18.6. The van der Waals surface area contributed by atoms with Crippen molar-refractivity contribution in [3.8, 4) is 11.4 Å². The van der Waals surface area contributed by atoms with Crippen LogP contribution in [0.4, 0.5) is 8.78 Å². The van der Waals surface area contributed by atoms with E-state index in [9.17, 15) is 13.6 Å². The molecule has 5 aromatic rings. The van der Waals surface area contributed by atoms with E-state index in [-0.39, 0.29) is 5.56 Å². The Balaban J connectivity index is 1.81. The lowest BCUT2D eigenvalue weighted by Crippen LogP contribution is -2.24. The highest BCUT2D eigenvalue weighted by atomic mass is 19.2. The molecule has 0 N–H and O–H groups in total. The van der Waals surface area contributed by atoms with Gasteiger partial charge >= 0.3 is 0 Å². The number of rotatable bonds is 3. The van der Waals surface area contributed by atoms with Gasteiger partial charge in [-0.15, -0.1) is 10.2 Å². The van der Waals surface area contributed by atoms with E-state index in [2.05, 4.69) is 10.2 Å². The number of hydrogen-bond donors (Lipinski definition) is 0. The molecular formula is C23H16F2N4O. The molecule has 0 unspecified atom stereocenters. The third-order valence-electron chi connectivity index (χ3n) is 5.15. The maximum Gasteiger partial charge on any atom is 0.263 e. The van der Waals surface area contributed by atoms with Gasteiger partial charge in [-0.2, -0.15) is 0 Å². The molecule has 2 heterocycles. The Kier molecular flexibility index (Phi) is 4.17. The van der Waals surface area contributed by atoms with Crippen molar-refractivity contribution in [2.24, 2.45) is 0 Å². The van der Waals surface area contributed by atoms with E-state index in [1.54, 1.807) is 33.2 Å². The van der Waals surface area contributed by atoms with Crippen molar-refractivity contribution in [2.75, 3.05) is 0 Å². The van der Waals surface area contributed by atoms with Gasteiger partial charge in [0, 0.05) is 5.56 Å². The molecule has 0 saturated carbocycles. The maximum atomic E-state index is 13.9. The van der Waals surface area contributed by atoms with Crippen LogP contribution < -0.4 is 5.56 Å². The van der Waals surface area contributed by atoms with Crippen LogP contribution in [0.2, 0.25) is 0 Å². The van der Waals surface area contributed by atoms with Crippen LogP contribution in [0.3, 0.4) is 0 Å². The molecule has 3 aromatic carbocycles. The van der Waals surface area contributed by atoms with Crippen molar-refractivity contribution >= 4 is 16.7 Å². The van der Waals surface area contributed by atoms with E-state index in [0.29, 0.717) is 34.6 Å². The Morgan fingerprint density at radius 3 is 2.43 bits per heavy atom. The summed E-state index contributed by atoms with van der Waals surface area (Å²) in [6.45, 7) is 2.31. The molecule has 0 amide bonds. The number of aromatic nitrogens is 4. The highest BCUT2D eigenvalue weighted by Crippen LogP contribution is 2.24. The standard InChI is InChI=1S/C23H16F2N4O/c1-14-6-8-15(9-7-14)13-28-22(30)17-4-2-3-5-20(17)29-21(26-27-23(28)29)16-10-11-18(24)19(25)12-16/h2-12H,13H2,1H3. The fraction of sp³-hybridized carbons (Fsp3) is 0.0870. The van der Waals surface area contributed by atoms with Gasteiger partial charge in [-0.25, -0.2) is 8.78 Å². The quantitative estimate of drug-likeness (QED) is 0.451. The summed E-state index contributed by atoms with van der Waals surface area (Å²) in [6.07, 6.45) is 0. The monoisotopic (exact) mass is 402 g/mol. The third-order valence-corrected chi connectivity index (χ3v) is 5.15. The van der Waals surface area contributed by atoms with Crippen LogP contribution in [0.5, 0.6) is 0 Å². The summed E-state index contributed by atoms with van der Waals surface area (Å²) in [5.41, 5.74) is 2.84. The second-order valence-corrected chi connectivity index (χ2v) is 7.18. The zero-order valence-corrected chi connectivity index (χ0v) is 16.0. The molecule has 5 nitrogen and oxygen atoms in total. The zero-order chi connectivity index (χ0) is 20.8. The summed E-state index contributed by atoms with van der Waals surface area (Å²) in [7, 11) is 0. The molecule has 2 aromatic heterocycles. The average Bonchev–Trinajstić information content (AvgIpc) is 3.19. The normalized spacial score (nSPS) is 11.4. The van der Waals surface area contributed by atoms with Crippen molar-refractivity contribution in [1.29, 1.82) is 0 Å². The average molecular weight is 402 g/mol. The van der Waals surface area contributed by atoms with Crippen molar-refractivity contribution in [3.05, 3.63) is 99.8 Å². The van der Waals surface area contributed by atoms with Crippen LogP contribution in [0.25, 0.3) is 28.1 Å². The van der Waals surface area contributed by atoms with E-state index in [0.717, 1.165) is 23.3 Å².